The van der Waals surface area contributed by atoms with Crippen LogP contribution in [0.15, 0.2) is 24.4 Å². The van der Waals surface area contributed by atoms with E-state index in [9.17, 15) is 0 Å². The Hall–Kier alpha value is -2.44. The molecule has 0 saturated heterocycles. The number of aromatic nitrogens is 4. The highest BCUT2D eigenvalue weighted by Gasteiger charge is 2.10. The zero-order chi connectivity index (χ0) is 13.7. The second-order valence-electron chi connectivity index (χ2n) is 3.87. The van der Waals surface area contributed by atoms with Crippen LogP contribution >= 0.6 is 0 Å². The monoisotopic (exact) mass is 260 g/mol. The topological polar surface area (TPSA) is 76.1 Å². The van der Waals surface area contributed by atoms with E-state index < -0.39 is 0 Å². The van der Waals surface area contributed by atoms with Crippen molar-refractivity contribution in [3.05, 3.63) is 30.1 Å². The molecule has 2 heterocycles. The van der Waals surface area contributed by atoms with Crippen molar-refractivity contribution in [3.8, 4) is 6.01 Å². The summed E-state index contributed by atoms with van der Waals surface area (Å²) in [5.41, 5.74) is 0.940. The first-order chi connectivity index (χ1) is 9.22. The molecular formula is C12H16N6O. The fourth-order valence-electron chi connectivity index (χ4n) is 1.53. The first-order valence-electron chi connectivity index (χ1n) is 5.82. The highest BCUT2D eigenvalue weighted by atomic mass is 16.5. The maximum atomic E-state index is 5.05. The predicted molar refractivity (Wildman–Crippen MR) is 72.3 cm³/mol. The molecule has 19 heavy (non-hydrogen) atoms. The van der Waals surface area contributed by atoms with Crippen LogP contribution in [0.2, 0.25) is 0 Å². The van der Waals surface area contributed by atoms with E-state index in [1.807, 2.05) is 30.1 Å². The van der Waals surface area contributed by atoms with Crippen molar-refractivity contribution in [1.29, 1.82) is 0 Å². The van der Waals surface area contributed by atoms with Gasteiger partial charge in [0, 0.05) is 20.3 Å². The van der Waals surface area contributed by atoms with Gasteiger partial charge in [0.2, 0.25) is 11.9 Å². The summed E-state index contributed by atoms with van der Waals surface area (Å²) in [6.45, 7) is 0.608. The molecule has 7 nitrogen and oxygen atoms in total. The number of methoxy groups -OCH3 is 1. The van der Waals surface area contributed by atoms with E-state index in [0.717, 1.165) is 5.69 Å². The lowest BCUT2D eigenvalue weighted by Gasteiger charge is -2.17. The average molecular weight is 260 g/mol. The number of nitrogens with one attached hydrogen (secondary N) is 1. The first-order valence-corrected chi connectivity index (χ1v) is 5.82. The van der Waals surface area contributed by atoms with E-state index in [4.69, 9.17) is 4.74 Å². The van der Waals surface area contributed by atoms with Gasteiger partial charge in [0.1, 0.15) is 0 Å². The number of rotatable bonds is 5. The van der Waals surface area contributed by atoms with Crippen molar-refractivity contribution in [1.82, 2.24) is 19.9 Å². The molecule has 7 heteroatoms. The van der Waals surface area contributed by atoms with Crippen LogP contribution in [0, 0.1) is 0 Å². The lowest BCUT2D eigenvalue weighted by molar-refractivity contribution is 0.379. The molecule has 0 saturated carbocycles. The summed E-state index contributed by atoms with van der Waals surface area (Å²) in [7, 11) is 5.16. The molecular weight excluding hydrogens is 244 g/mol. The van der Waals surface area contributed by atoms with Crippen LogP contribution in [-0.4, -0.2) is 41.1 Å². The summed E-state index contributed by atoms with van der Waals surface area (Å²) in [6, 6.07) is 6.06. The van der Waals surface area contributed by atoms with E-state index in [1.165, 1.54) is 7.11 Å². The molecule has 0 fully saturated rings. The SMILES string of the molecule is CNc1nc(OC)nc(N(C)Cc2ccccn2)n1. The van der Waals surface area contributed by atoms with Gasteiger partial charge in [0.15, 0.2) is 0 Å². The fourth-order valence-corrected chi connectivity index (χ4v) is 1.53. The van der Waals surface area contributed by atoms with Gasteiger partial charge in [0.25, 0.3) is 0 Å². The highest BCUT2D eigenvalue weighted by Crippen LogP contribution is 2.14. The third-order valence-electron chi connectivity index (χ3n) is 2.48. The molecule has 2 aromatic heterocycles. The van der Waals surface area contributed by atoms with Gasteiger partial charge in [0.05, 0.1) is 19.3 Å². The number of ether oxygens (including phenoxy) is 1. The minimum atomic E-state index is 0.280. The van der Waals surface area contributed by atoms with Crippen molar-refractivity contribution >= 4 is 11.9 Å². The summed E-state index contributed by atoms with van der Waals surface area (Å²) in [4.78, 5) is 18.7. The zero-order valence-corrected chi connectivity index (χ0v) is 11.2. The number of hydrogen-bond donors (Lipinski definition) is 1. The molecule has 0 spiro atoms. The number of anilines is 2. The average Bonchev–Trinajstić information content (AvgIpc) is 2.47. The van der Waals surface area contributed by atoms with E-state index in [0.29, 0.717) is 18.4 Å². The number of hydrogen-bond acceptors (Lipinski definition) is 7. The smallest absolute Gasteiger partial charge is 0.322 e. The van der Waals surface area contributed by atoms with E-state index in [1.54, 1.807) is 13.2 Å². The Morgan fingerprint density at radius 3 is 2.74 bits per heavy atom. The van der Waals surface area contributed by atoms with Gasteiger partial charge in [-0.2, -0.15) is 15.0 Å². The van der Waals surface area contributed by atoms with Crippen molar-refractivity contribution in [3.63, 3.8) is 0 Å². The van der Waals surface area contributed by atoms with Crippen LogP contribution in [0.3, 0.4) is 0 Å². The summed E-state index contributed by atoms with van der Waals surface area (Å²) in [6.07, 6.45) is 1.76. The van der Waals surface area contributed by atoms with Crippen molar-refractivity contribution in [2.75, 3.05) is 31.4 Å². The van der Waals surface area contributed by atoms with E-state index in [2.05, 4.69) is 25.3 Å². The standard InChI is InChI=1S/C12H16N6O/c1-13-10-15-11(17-12(16-10)19-3)18(2)8-9-6-4-5-7-14-9/h4-7H,8H2,1-3H3,(H,13,15,16,17). The maximum absolute atomic E-state index is 5.05. The Morgan fingerprint density at radius 1 is 1.26 bits per heavy atom. The molecule has 2 rings (SSSR count). The van der Waals surface area contributed by atoms with Crippen LogP contribution in [0.5, 0.6) is 6.01 Å². The third-order valence-corrected chi connectivity index (χ3v) is 2.48. The molecule has 2 aromatic rings. The minimum Gasteiger partial charge on any atom is -0.467 e. The molecule has 0 unspecified atom stereocenters. The molecule has 0 bridgehead atoms. The summed E-state index contributed by atoms with van der Waals surface area (Å²) in [5, 5.41) is 2.88. The normalized spacial score (nSPS) is 10.1. The van der Waals surface area contributed by atoms with Crippen LogP contribution in [0.4, 0.5) is 11.9 Å². The van der Waals surface area contributed by atoms with Crippen molar-refractivity contribution in [2.45, 2.75) is 6.54 Å². The maximum Gasteiger partial charge on any atom is 0.322 e. The number of pyridine rings is 1. The van der Waals surface area contributed by atoms with Gasteiger partial charge >= 0.3 is 6.01 Å². The van der Waals surface area contributed by atoms with E-state index in [-0.39, 0.29) is 6.01 Å². The second-order valence-corrected chi connectivity index (χ2v) is 3.87. The molecule has 0 aromatic carbocycles. The molecule has 0 amide bonds. The highest BCUT2D eigenvalue weighted by molar-refractivity contribution is 5.37. The molecule has 0 aliphatic carbocycles. The molecule has 0 aliphatic heterocycles. The third kappa shape index (κ3) is 3.27. The lowest BCUT2D eigenvalue weighted by Crippen LogP contribution is -2.21. The predicted octanol–water partition coefficient (Wildman–Crippen LogP) is 0.953. The van der Waals surface area contributed by atoms with Gasteiger partial charge in [-0.1, -0.05) is 6.07 Å². The molecule has 0 radical (unpaired) electrons. The van der Waals surface area contributed by atoms with Crippen LogP contribution in [0.25, 0.3) is 0 Å². The van der Waals surface area contributed by atoms with Crippen molar-refractivity contribution in [2.24, 2.45) is 0 Å². The van der Waals surface area contributed by atoms with Gasteiger partial charge < -0.3 is 15.0 Å². The van der Waals surface area contributed by atoms with Gasteiger partial charge in [-0.25, -0.2) is 0 Å². The Bertz CT molecular complexity index is 511. The second kappa shape index (κ2) is 5.94. The Balaban J connectivity index is 2.20. The number of nitrogens with zero attached hydrogens (tertiary/aromatic N) is 5. The summed E-state index contributed by atoms with van der Waals surface area (Å²) < 4.78 is 5.05. The zero-order valence-electron chi connectivity index (χ0n) is 11.2. The lowest BCUT2D eigenvalue weighted by atomic mass is 10.3. The summed E-state index contributed by atoms with van der Waals surface area (Å²) in [5.74, 6) is 0.997. The van der Waals surface area contributed by atoms with Gasteiger partial charge in [-0.05, 0) is 12.1 Å². The molecule has 100 valence electrons. The molecule has 0 aliphatic rings. The Kier molecular flexibility index (Phi) is 4.07. The van der Waals surface area contributed by atoms with Crippen LogP contribution in [-0.2, 0) is 6.54 Å². The van der Waals surface area contributed by atoms with Crippen LogP contribution in [0.1, 0.15) is 5.69 Å². The quantitative estimate of drug-likeness (QED) is 0.857. The van der Waals surface area contributed by atoms with Gasteiger partial charge in [-0.15, -0.1) is 0 Å². The fraction of sp³-hybridized carbons (Fsp3) is 0.333. The minimum absolute atomic E-state index is 0.280. The van der Waals surface area contributed by atoms with Gasteiger partial charge in [-0.3, -0.25) is 4.98 Å². The van der Waals surface area contributed by atoms with Crippen molar-refractivity contribution < 1.29 is 4.74 Å². The van der Waals surface area contributed by atoms with E-state index >= 15 is 0 Å². The Labute approximate surface area is 111 Å². The first kappa shape index (κ1) is 13.0. The largest absolute Gasteiger partial charge is 0.467 e. The summed E-state index contributed by atoms with van der Waals surface area (Å²) >= 11 is 0. The molecule has 0 atom stereocenters. The molecule has 1 N–H and O–H groups in total. The van der Waals surface area contributed by atoms with Crippen LogP contribution < -0.4 is 15.0 Å². The Morgan fingerprint density at radius 2 is 2.11 bits per heavy atom.